The van der Waals surface area contributed by atoms with Crippen molar-refractivity contribution in [1.29, 1.82) is 0 Å². The Morgan fingerprint density at radius 3 is 2.71 bits per heavy atom. The van der Waals surface area contributed by atoms with Gasteiger partial charge < -0.3 is 10.1 Å². The first-order valence-corrected chi connectivity index (χ1v) is 8.48. The van der Waals surface area contributed by atoms with Gasteiger partial charge >= 0.3 is 0 Å². The number of rotatable bonds is 4. The van der Waals surface area contributed by atoms with E-state index in [-0.39, 0.29) is 23.7 Å². The number of nitrogens with zero attached hydrogens (tertiary/aromatic N) is 2. The van der Waals surface area contributed by atoms with Gasteiger partial charge in [0.15, 0.2) is 5.69 Å². The monoisotopic (exact) mass is 330 g/mol. The van der Waals surface area contributed by atoms with Crippen LogP contribution in [0.15, 0.2) is 24.3 Å². The molecule has 0 saturated carbocycles. The Bertz CT molecular complexity index is 715. The number of fused-ring (bicyclic) bond motifs is 1. The van der Waals surface area contributed by atoms with Crippen LogP contribution in [0.25, 0.3) is 10.9 Å². The molecule has 2 aromatic rings. The standard InChI is InChI=1S/C18H26N4O2/c1-12-9-22(10-13(2)24-12)18(3,4)11-19-17(23)16-14-7-5-6-8-15(14)20-21-16/h5-8,12-13H,9-11H2,1-4H3,(H,19,23)(H,20,21)/t12-,13-/m0/s1. The van der Waals surface area contributed by atoms with Crippen molar-refractivity contribution in [3.63, 3.8) is 0 Å². The minimum atomic E-state index is -0.145. The van der Waals surface area contributed by atoms with E-state index in [9.17, 15) is 4.79 Å². The predicted molar refractivity (Wildman–Crippen MR) is 94.1 cm³/mol. The van der Waals surface area contributed by atoms with Crippen LogP contribution in [0, 0.1) is 0 Å². The Balaban J connectivity index is 1.66. The lowest BCUT2D eigenvalue weighted by molar-refractivity contribution is -0.0948. The zero-order valence-electron chi connectivity index (χ0n) is 14.8. The van der Waals surface area contributed by atoms with E-state index in [1.807, 2.05) is 24.3 Å². The lowest BCUT2D eigenvalue weighted by Crippen LogP contribution is -2.58. The molecule has 1 aliphatic heterocycles. The second kappa shape index (κ2) is 6.53. The summed E-state index contributed by atoms with van der Waals surface area (Å²) in [5.74, 6) is -0.144. The molecular formula is C18H26N4O2. The third kappa shape index (κ3) is 3.44. The topological polar surface area (TPSA) is 70.2 Å². The molecule has 1 amide bonds. The third-order valence-electron chi connectivity index (χ3n) is 4.64. The van der Waals surface area contributed by atoms with Gasteiger partial charge in [0.1, 0.15) is 0 Å². The van der Waals surface area contributed by atoms with Crippen molar-refractivity contribution in [3.8, 4) is 0 Å². The molecule has 0 bridgehead atoms. The fraction of sp³-hybridized carbons (Fsp3) is 0.556. The minimum Gasteiger partial charge on any atom is -0.373 e. The quantitative estimate of drug-likeness (QED) is 0.901. The Hall–Kier alpha value is -1.92. The average Bonchev–Trinajstić information content (AvgIpc) is 2.96. The molecule has 3 rings (SSSR count). The molecule has 0 aliphatic carbocycles. The van der Waals surface area contributed by atoms with Crippen molar-refractivity contribution in [2.24, 2.45) is 0 Å². The summed E-state index contributed by atoms with van der Waals surface area (Å²) < 4.78 is 5.80. The van der Waals surface area contributed by atoms with E-state index in [1.165, 1.54) is 0 Å². The molecule has 1 fully saturated rings. The lowest BCUT2D eigenvalue weighted by atomic mass is 10.00. The highest BCUT2D eigenvalue weighted by atomic mass is 16.5. The molecule has 6 heteroatoms. The summed E-state index contributed by atoms with van der Waals surface area (Å²) in [6, 6.07) is 7.66. The molecule has 0 radical (unpaired) electrons. The highest BCUT2D eigenvalue weighted by molar-refractivity contribution is 6.04. The zero-order chi connectivity index (χ0) is 17.3. The van der Waals surface area contributed by atoms with Gasteiger partial charge in [0, 0.05) is 30.6 Å². The molecule has 2 N–H and O–H groups in total. The molecule has 1 saturated heterocycles. The van der Waals surface area contributed by atoms with E-state index in [0.29, 0.717) is 12.2 Å². The van der Waals surface area contributed by atoms with Crippen LogP contribution < -0.4 is 5.32 Å². The van der Waals surface area contributed by atoms with E-state index in [0.717, 1.165) is 24.0 Å². The van der Waals surface area contributed by atoms with Crippen molar-refractivity contribution in [2.45, 2.75) is 45.4 Å². The number of carbonyl (C=O) groups excluding carboxylic acids is 1. The van der Waals surface area contributed by atoms with Crippen LogP contribution in [-0.4, -0.2) is 58.4 Å². The average molecular weight is 330 g/mol. The number of H-pyrrole nitrogens is 1. The van der Waals surface area contributed by atoms with Crippen molar-refractivity contribution < 1.29 is 9.53 Å². The number of para-hydroxylation sites is 1. The molecule has 1 aliphatic rings. The van der Waals surface area contributed by atoms with Gasteiger partial charge in [-0.25, -0.2) is 0 Å². The largest absolute Gasteiger partial charge is 0.373 e. The highest BCUT2D eigenvalue weighted by Gasteiger charge is 2.33. The predicted octanol–water partition coefficient (Wildman–Crippen LogP) is 2.18. The van der Waals surface area contributed by atoms with Gasteiger partial charge in [-0.1, -0.05) is 18.2 Å². The normalized spacial score (nSPS) is 22.7. The molecule has 1 aromatic heterocycles. The molecule has 2 atom stereocenters. The number of benzene rings is 1. The minimum absolute atomic E-state index is 0.144. The molecule has 0 spiro atoms. The summed E-state index contributed by atoms with van der Waals surface area (Å²) in [5.41, 5.74) is 1.18. The van der Waals surface area contributed by atoms with Crippen LogP contribution in [0.1, 0.15) is 38.2 Å². The number of hydrogen-bond donors (Lipinski definition) is 2. The fourth-order valence-corrected chi connectivity index (χ4v) is 3.30. The van der Waals surface area contributed by atoms with Crippen LogP contribution in [0.3, 0.4) is 0 Å². The summed E-state index contributed by atoms with van der Waals surface area (Å²) in [5, 5.41) is 11.0. The van der Waals surface area contributed by atoms with Crippen LogP contribution >= 0.6 is 0 Å². The Morgan fingerprint density at radius 2 is 2.00 bits per heavy atom. The van der Waals surface area contributed by atoms with Gasteiger partial charge in [-0.15, -0.1) is 0 Å². The molecule has 130 valence electrons. The number of nitrogens with one attached hydrogen (secondary N) is 2. The molecule has 24 heavy (non-hydrogen) atoms. The van der Waals surface area contributed by atoms with Crippen LogP contribution in [0.5, 0.6) is 0 Å². The number of hydrogen-bond acceptors (Lipinski definition) is 4. The number of morpholine rings is 1. The first kappa shape index (κ1) is 16.9. The fourth-order valence-electron chi connectivity index (χ4n) is 3.30. The number of aromatic nitrogens is 2. The van der Waals surface area contributed by atoms with E-state index < -0.39 is 0 Å². The van der Waals surface area contributed by atoms with Crippen molar-refractivity contribution in [2.75, 3.05) is 19.6 Å². The lowest BCUT2D eigenvalue weighted by Gasteiger charge is -2.45. The highest BCUT2D eigenvalue weighted by Crippen LogP contribution is 2.21. The number of aromatic amines is 1. The zero-order valence-corrected chi connectivity index (χ0v) is 14.8. The maximum atomic E-state index is 12.5. The molecular weight excluding hydrogens is 304 g/mol. The van der Waals surface area contributed by atoms with Crippen molar-refractivity contribution in [1.82, 2.24) is 20.4 Å². The first-order chi connectivity index (χ1) is 11.4. The second-order valence-corrected chi connectivity index (χ2v) is 7.28. The number of amides is 1. The molecule has 2 heterocycles. The summed E-state index contributed by atoms with van der Waals surface area (Å²) >= 11 is 0. The molecule has 1 aromatic carbocycles. The number of ether oxygens (including phenoxy) is 1. The Labute approximate surface area is 142 Å². The summed E-state index contributed by atoms with van der Waals surface area (Å²) in [4.78, 5) is 14.9. The van der Waals surface area contributed by atoms with Gasteiger partial charge in [0.05, 0.1) is 17.7 Å². The first-order valence-electron chi connectivity index (χ1n) is 8.48. The number of carbonyl (C=O) groups is 1. The van der Waals surface area contributed by atoms with Crippen LogP contribution in [-0.2, 0) is 4.74 Å². The van der Waals surface area contributed by atoms with Gasteiger partial charge in [-0.2, -0.15) is 5.10 Å². The van der Waals surface area contributed by atoms with E-state index in [4.69, 9.17) is 4.74 Å². The molecule has 6 nitrogen and oxygen atoms in total. The van der Waals surface area contributed by atoms with Crippen LogP contribution in [0.4, 0.5) is 0 Å². The van der Waals surface area contributed by atoms with Gasteiger partial charge in [-0.05, 0) is 33.8 Å². The van der Waals surface area contributed by atoms with Gasteiger partial charge in [0.25, 0.3) is 5.91 Å². The van der Waals surface area contributed by atoms with E-state index >= 15 is 0 Å². The van der Waals surface area contributed by atoms with Gasteiger partial charge in [0.2, 0.25) is 0 Å². The third-order valence-corrected chi connectivity index (χ3v) is 4.64. The van der Waals surface area contributed by atoms with Gasteiger partial charge in [-0.3, -0.25) is 14.8 Å². The summed E-state index contributed by atoms with van der Waals surface area (Å²) in [6.45, 7) is 10.8. The SMILES string of the molecule is C[C@H]1CN(C(C)(C)CNC(=O)c2n[nH]c3ccccc23)C[C@H](C)O1. The maximum absolute atomic E-state index is 12.5. The van der Waals surface area contributed by atoms with Crippen molar-refractivity contribution >= 4 is 16.8 Å². The van der Waals surface area contributed by atoms with Crippen molar-refractivity contribution in [3.05, 3.63) is 30.0 Å². The Kier molecular flexibility index (Phi) is 4.60. The Morgan fingerprint density at radius 1 is 1.33 bits per heavy atom. The smallest absolute Gasteiger partial charge is 0.272 e. The van der Waals surface area contributed by atoms with E-state index in [1.54, 1.807) is 0 Å². The van der Waals surface area contributed by atoms with E-state index in [2.05, 4.69) is 48.1 Å². The second-order valence-electron chi connectivity index (χ2n) is 7.28. The maximum Gasteiger partial charge on any atom is 0.272 e. The summed E-state index contributed by atoms with van der Waals surface area (Å²) in [6.07, 6.45) is 0.415. The molecule has 0 unspecified atom stereocenters. The van der Waals surface area contributed by atoms with Crippen LogP contribution in [0.2, 0.25) is 0 Å². The summed E-state index contributed by atoms with van der Waals surface area (Å²) in [7, 11) is 0.